The highest BCUT2D eigenvalue weighted by molar-refractivity contribution is 6.29. The highest BCUT2D eigenvalue weighted by Crippen LogP contribution is 2.34. The summed E-state index contributed by atoms with van der Waals surface area (Å²) >= 11 is 5.76. The molecule has 1 aromatic heterocycles. The molecule has 0 bridgehead atoms. The monoisotopic (exact) mass is 331 g/mol. The molecule has 7 heteroatoms. The van der Waals surface area contributed by atoms with Gasteiger partial charge in [0.25, 0.3) is 11.8 Å². The third-order valence-electron chi connectivity index (χ3n) is 3.53. The van der Waals surface area contributed by atoms with Gasteiger partial charge in [0.15, 0.2) is 6.10 Å². The molecule has 2 aromatic rings. The summed E-state index contributed by atoms with van der Waals surface area (Å²) in [6.07, 6.45) is 0.650. The Labute approximate surface area is 138 Å². The number of rotatable bonds is 2. The number of carbonyl (C=O) groups is 2. The SMILES string of the molecule is CNC(=O)[C@@H]1CN(C(=O)c2ccc(Cl)nc2)c2ccccc2O1. The maximum absolute atomic E-state index is 12.8. The number of nitrogens with zero attached hydrogens (tertiary/aromatic N) is 2. The molecular formula is C16H14ClN3O3. The number of nitrogens with one attached hydrogen (secondary N) is 1. The molecule has 0 saturated carbocycles. The summed E-state index contributed by atoms with van der Waals surface area (Å²) in [6.45, 7) is 0.123. The van der Waals surface area contributed by atoms with Crippen LogP contribution >= 0.6 is 11.6 Å². The third kappa shape index (κ3) is 2.98. The average Bonchev–Trinajstić information content (AvgIpc) is 2.60. The molecule has 2 amide bonds. The minimum Gasteiger partial charge on any atom is -0.477 e. The molecule has 0 radical (unpaired) electrons. The Hall–Kier alpha value is -2.60. The molecule has 118 valence electrons. The molecule has 0 saturated heterocycles. The van der Waals surface area contributed by atoms with E-state index in [0.29, 0.717) is 22.2 Å². The number of fused-ring (bicyclic) bond motifs is 1. The van der Waals surface area contributed by atoms with E-state index in [-0.39, 0.29) is 18.4 Å². The molecule has 6 nitrogen and oxygen atoms in total. The molecule has 0 spiro atoms. The number of anilines is 1. The predicted molar refractivity (Wildman–Crippen MR) is 85.8 cm³/mol. The summed E-state index contributed by atoms with van der Waals surface area (Å²) in [5.41, 5.74) is 1.01. The lowest BCUT2D eigenvalue weighted by atomic mass is 10.1. The van der Waals surface area contributed by atoms with Crippen LogP contribution in [-0.4, -0.2) is 36.5 Å². The van der Waals surface area contributed by atoms with Crippen LogP contribution in [0.2, 0.25) is 5.15 Å². The molecule has 23 heavy (non-hydrogen) atoms. The Balaban J connectivity index is 1.97. The third-order valence-corrected chi connectivity index (χ3v) is 3.76. The van der Waals surface area contributed by atoms with Crippen LogP contribution in [0.3, 0.4) is 0 Å². The first kappa shape index (κ1) is 15.3. The first-order valence-electron chi connectivity index (χ1n) is 7.01. The smallest absolute Gasteiger partial charge is 0.262 e. The zero-order valence-corrected chi connectivity index (χ0v) is 13.1. The summed E-state index contributed by atoms with van der Waals surface area (Å²) in [7, 11) is 1.53. The molecule has 3 rings (SSSR count). The molecule has 1 aromatic carbocycles. The number of hydrogen-bond acceptors (Lipinski definition) is 4. The average molecular weight is 332 g/mol. The number of hydrogen-bond donors (Lipinski definition) is 1. The number of ether oxygens (including phenoxy) is 1. The predicted octanol–water partition coefficient (Wildman–Crippen LogP) is 1.89. The summed E-state index contributed by atoms with van der Waals surface area (Å²) in [5, 5.41) is 2.85. The van der Waals surface area contributed by atoms with E-state index in [1.807, 2.05) is 6.07 Å². The summed E-state index contributed by atoms with van der Waals surface area (Å²) in [6, 6.07) is 10.3. The highest BCUT2D eigenvalue weighted by Gasteiger charge is 2.33. The molecule has 1 aliphatic rings. The van der Waals surface area contributed by atoms with Crippen molar-refractivity contribution in [3.05, 3.63) is 53.3 Å². The highest BCUT2D eigenvalue weighted by atomic mass is 35.5. The molecule has 1 aliphatic heterocycles. The van der Waals surface area contributed by atoms with E-state index in [1.165, 1.54) is 18.1 Å². The Kier molecular flexibility index (Phi) is 4.16. The standard InChI is InChI=1S/C16H14ClN3O3/c1-18-15(21)13-9-20(11-4-2-3-5-12(11)23-13)16(22)10-6-7-14(17)19-8-10/h2-8,13H,9H2,1H3,(H,18,21)/t13-/m0/s1. The van der Waals surface area contributed by atoms with Crippen molar-refractivity contribution in [1.29, 1.82) is 0 Å². The van der Waals surface area contributed by atoms with Crippen molar-refractivity contribution in [3.63, 3.8) is 0 Å². The van der Waals surface area contributed by atoms with Crippen molar-refractivity contribution >= 4 is 29.1 Å². The van der Waals surface area contributed by atoms with Crippen molar-refractivity contribution in [2.75, 3.05) is 18.5 Å². The van der Waals surface area contributed by atoms with Gasteiger partial charge in [0.05, 0.1) is 17.8 Å². The Morgan fingerprint density at radius 3 is 2.78 bits per heavy atom. The topological polar surface area (TPSA) is 71.5 Å². The van der Waals surface area contributed by atoms with E-state index in [1.54, 1.807) is 30.3 Å². The number of likely N-dealkylation sites (N-methyl/N-ethyl adjacent to an activating group) is 1. The maximum Gasteiger partial charge on any atom is 0.262 e. The number of amides is 2. The molecule has 1 N–H and O–H groups in total. The van der Waals surface area contributed by atoms with E-state index in [9.17, 15) is 9.59 Å². The van der Waals surface area contributed by atoms with Crippen LogP contribution in [0.5, 0.6) is 5.75 Å². The van der Waals surface area contributed by atoms with Crippen LogP contribution in [0.15, 0.2) is 42.6 Å². The largest absolute Gasteiger partial charge is 0.477 e. The first-order valence-corrected chi connectivity index (χ1v) is 7.38. The first-order chi connectivity index (χ1) is 11.1. The lowest BCUT2D eigenvalue weighted by Crippen LogP contribution is -2.50. The van der Waals surface area contributed by atoms with Crippen LogP contribution in [0.25, 0.3) is 0 Å². The fourth-order valence-electron chi connectivity index (χ4n) is 2.38. The van der Waals surface area contributed by atoms with E-state index >= 15 is 0 Å². The van der Waals surface area contributed by atoms with E-state index in [4.69, 9.17) is 16.3 Å². The van der Waals surface area contributed by atoms with E-state index < -0.39 is 6.10 Å². The number of aromatic nitrogens is 1. The summed E-state index contributed by atoms with van der Waals surface area (Å²) < 4.78 is 5.68. The Morgan fingerprint density at radius 2 is 2.09 bits per heavy atom. The van der Waals surface area contributed by atoms with Gasteiger partial charge in [-0.05, 0) is 24.3 Å². The van der Waals surface area contributed by atoms with Gasteiger partial charge >= 0.3 is 0 Å². The van der Waals surface area contributed by atoms with Gasteiger partial charge in [-0.25, -0.2) is 4.98 Å². The molecule has 0 unspecified atom stereocenters. The Bertz CT molecular complexity index is 748. The number of para-hydroxylation sites is 2. The van der Waals surface area contributed by atoms with Crippen LogP contribution in [0, 0.1) is 0 Å². The summed E-state index contributed by atoms with van der Waals surface area (Å²) in [5.74, 6) is -0.0621. The van der Waals surface area contributed by atoms with Crippen molar-refractivity contribution in [2.45, 2.75) is 6.10 Å². The maximum atomic E-state index is 12.8. The minimum absolute atomic E-state index is 0.123. The lowest BCUT2D eigenvalue weighted by Gasteiger charge is -2.34. The van der Waals surface area contributed by atoms with Gasteiger partial charge in [0.2, 0.25) is 0 Å². The summed E-state index contributed by atoms with van der Waals surface area (Å²) in [4.78, 5) is 30.2. The van der Waals surface area contributed by atoms with Crippen molar-refractivity contribution in [2.24, 2.45) is 0 Å². The fraction of sp³-hybridized carbons (Fsp3) is 0.188. The second-order valence-corrected chi connectivity index (χ2v) is 5.36. The second-order valence-electron chi connectivity index (χ2n) is 4.97. The number of pyridine rings is 1. The Morgan fingerprint density at radius 1 is 1.30 bits per heavy atom. The number of benzene rings is 1. The number of halogens is 1. The second kappa shape index (κ2) is 6.26. The van der Waals surface area contributed by atoms with Crippen molar-refractivity contribution in [3.8, 4) is 5.75 Å². The van der Waals surface area contributed by atoms with E-state index in [2.05, 4.69) is 10.3 Å². The van der Waals surface area contributed by atoms with Crippen molar-refractivity contribution in [1.82, 2.24) is 10.3 Å². The lowest BCUT2D eigenvalue weighted by molar-refractivity contribution is -0.127. The van der Waals surface area contributed by atoms with Gasteiger partial charge in [-0.2, -0.15) is 0 Å². The fourth-order valence-corrected chi connectivity index (χ4v) is 2.49. The van der Waals surface area contributed by atoms with Crippen LogP contribution < -0.4 is 15.0 Å². The number of carbonyl (C=O) groups excluding carboxylic acids is 2. The van der Waals surface area contributed by atoms with Gasteiger partial charge in [0, 0.05) is 13.2 Å². The van der Waals surface area contributed by atoms with Gasteiger partial charge in [-0.15, -0.1) is 0 Å². The van der Waals surface area contributed by atoms with Crippen LogP contribution in [0.1, 0.15) is 10.4 Å². The van der Waals surface area contributed by atoms with Crippen LogP contribution in [-0.2, 0) is 4.79 Å². The quantitative estimate of drug-likeness (QED) is 0.853. The zero-order chi connectivity index (χ0) is 16.4. The minimum atomic E-state index is -0.765. The van der Waals surface area contributed by atoms with Crippen LogP contribution in [0.4, 0.5) is 5.69 Å². The zero-order valence-electron chi connectivity index (χ0n) is 12.3. The van der Waals surface area contributed by atoms with Gasteiger partial charge in [0.1, 0.15) is 10.9 Å². The van der Waals surface area contributed by atoms with Gasteiger partial charge in [-0.1, -0.05) is 23.7 Å². The molecular weight excluding hydrogens is 318 g/mol. The van der Waals surface area contributed by atoms with E-state index in [0.717, 1.165) is 0 Å². The molecule has 1 atom stereocenters. The molecule has 2 heterocycles. The van der Waals surface area contributed by atoms with Gasteiger partial charge < -0.3 is 15.0 Å². The molecule has 0 fully saturated rings. The molecule has 0 aliphatic carbocycles. The van der Waals surface area contributed by atoms with Crippen molar-refractivity contribution < 1.29 is 14.3 Å². The normalized spacial score (nSPS) is 16.3. The van der Waals surface area contributed by atoms with Gasteiger partial charge in [-0.3, -0.25) is 9.59 Å².